The van der Waals surface area contributed by atoms with Crippen LogP contribution < -0.4 is 4.90 Å². The van der Waals surface area contributed by atoms with Gasteiger partial charge < -0.3 is 19.6 Å². The summed E-state index contributed by atoms with van der Waals surface area (Å²) in [5.74, 6) is 0.663. The Morgan fingerprint density at radius 1 is 1.32 bits per heavy atom. The number of amides is 1. The number of rotatable bonds is 4. The zero-order chi connectivity index (χ0) is 15.6. The molecule has 2 fully saturated rings. The summed E-state index contributed by atoms with van der Waals surface area (Å²) in [6.07, 6.45) is 4.13. The molecule has 120 valence electrons. The lowest BCUT2D eigenvalue weighted by Crippen LogP contribution is -2.54. The van der Waals surface area contributed by atoms with Gasteiger partial charge in [-0.2, -0.15) is 0 Å². The van der Waals surface area contributed by atoms with E-state index in [1.54, 1.807) is 12.4 Å². The van der Waals surface area contributed by atoms with Crippen molar-refractivity contribution in [2.45, 2.75) is 18.4 Å². The number of hydrogen-bond donors (Lipinski definition) is 1. The molecule has 0 saturated carbocycles. The maximum absolute atomic E-state index is 12.3. The highest BCUT2D eigenvalue weighted by molar-refractivity contribution is 6.30. The minimum Gasteiger partial charge on any atom is -0.393 e. The summed E-state index contributed by atoms with van der Waals surface area (Å²) in [6.45, 7) is 3.12. The van der Waals surface area contributed by atoms with E-state index in [-0.39, 0.29) is 18.9 Å². The highest BCUT2D eigenvalue weighted by Gasteiger charge is 2.41. The summed E-state index contributed by atoms with van der Waals surface area (Å²) >= 11 is 5.78. The number of anilines is 1. The van der Waals surface area contributed by atoms with Gasteiger partial charge in [0.2, 0.25) is 11.9 Å². The first-order valence-corrected chi connectivity index (χ1v) is 7.75. The van der Waals surface area contributed by atoms with Gasteiger partial charge in [0.05, 0.1) is 37.1 Å². The molecule has 1 atom stereocenters. The highest BCUT2D eigenvalue weighted by atomic mass is 35.5. The van der Waals surface area contributed by atoms with Crippen molar-refractivity contribution in [2.75, 3.05) is 44.3 Å². The van der Waals surface area contributed by atoms with Crippen molar-refractivity contribution < 1.29 is 14.6 Å². The van der Waals surface area contributed by atoms with Crippen LogP contribution in [0.15, 0.2) is 12.4 Å². The van der Waals surface area contributed by atoms with Crippen molar-refractivity contribution in [1.82, 2.24) is 14.9 Å². The lowest BCUT2D eigenvalue weighted by molar-refractivity contribution is -0.182. The Morgan fingerprint density at radius 3 is 2.45 bits per heavy atom. The Kier molecular flexibility index (Phi) is 4.46. The smallest absolute Gasteiger partial charge is 0.225 e. The van der Waals surface area contributed by atoms with E-state index in [0.29, 0.717) is 43.8 Å². The Labute approximate surface area is 133 Å². The number of piperazine rings is 1. The first kappa shape index (κ1) is 15.5. The Balaban J connectivity index is 1.53. The van der Waals surface area contributed by atoms with Gasteiger partial charge in [-0.3, -0.25) is 4.79 Å². The third-order valence-electron chi connectivity index (χ3n) is 4.25. The van der Waals surface area contributed by atoms with Gasteiger partial charge in [-0.25, -0.2) is 9.97 Å². The van der Waals surface area contributed by atoms with Gasteiger partial charge in [-0.1, -0.05) is 11.6 Å². The summed E-state index contributed by atoms with van der Waals surface area (Å²) in [5.41, 5.74) is -0.645. The van der Waals surface area contributed by atoms with Crippen molar-refractivity contribution >= 4 is 23.5 Å². The molecule has 1 N–H and O–H groups in total. The van der Waals surface area contributed by atoms with E-state index in [1.165, 1.54) is 0 Å². The molecule has 7 nitrogen and oxygen atoms in total. The molecule has 3 heterocycles. The van der Waals surface area contributed by atoms with Crippen LogP contribution in [0.4, 0.5) is 5.95 Å². The molecule has 0 radical (unpaired) electrons. The van der Waals surface area contributed by atoms with E-state index < -0.39 is 5.60 Å². The number of aromatic nitrogens is 2. The number of carbonyl (C=O) groups excluding carboxylic acids is 1. The molecule has 1 aromatic heterocycles. The number of carbonyl (C=O) groups is 1. The molecule has 1 amide bonds. The van der Waals surface area contributed by atoms with Crippen molar-refractivity contribution in [1.29, 1.82) is 0 Å². The summed E-state index contributed by atoms with van der Waals surface area (Å²) in [5, 5.41) is 9.87. The van der Waals surface area contributed by atoms with Crippen LogP contribution in [0.2, 0.25) is 5.02 Å². The molecule has 8 heteroatoms. The molecule has 0 spiro atoms. The Morgan fingerprint density at radius 2 is 1.95 bits per heavy atom. The fraction of sp³-hybridized carbons (Fsp3) is 0.643. The normalized spacial score (nSPS) is 25.0. The van der Waals surface area contributed by atoms with Crippen LogP contribution in [0, 0.1) is 0 Å². The van der Waals surface area contributed by atoms with Crippen LogP contribution in [0.1, 0.15) is 12.8 Å². The van der Waals surface area contributed by atoms with Gasteiger partial charge in [0.15, 0.2) is 0 Å². The predicted molar refractivity (Wildman–Crippen MR) is 80.8 cm³/mol. The van der Waals surface area contributed by atoms with E-state index in [2.05, 4.69) is 9.97 Å². The maximum atomic E-state index is 12.3. The summed E-state index contributed by atoms with van der Waals surface area (Å²) < 4.78 is 5.39. The molecule has 0 aromatic carbocycles. The standard InChI is InChI=1S/C14H19ClN4O3/c15-11-8-16-13(17-9-11)19-4-2-18(3-5-19)12(21)7-14(10-20)1-6-22-14/h8-9,20H,1-7,10H2. The zero-order valence-corrected chi connectivity index (χ0v) is 13.0. The van der Waals surface area contributed by atoms with Crippen LogP contribution in [0.5, 0.6) is 0 Å². The highest BCUT2D eigenvalue weighted by Crippen LogP contribution is 2.30. The fourth-order valence-electron chi connectivity index (χ4n) is 2.72. The average molecular weight is 327 g/mol. The monoisotopic (exact) mass is 326 g/mol. The van der Waals surface area contributed by atoms with Gasteiger partial charge >= 0.3 is 0 Å². The molecule has 2 aliphatic rings. The molecule has 2 aliphatic heterocycles. The SMILES string of the molecule is O=C(CC1(CO)CCO1)N1CCN(c2ncc(Cl)cn2)CC1. The maximum Gasteiger partial charge on any atom is 0.225 e. The molecule has 2 saturated heterocycles. The van der Waals surface area contributed by atoms with Gasteiger partial charge in [0.25, 0.3) is 0 Å². The fourth-order valence-corrected chi connectivity index (χ4v) is 2.82. The minimum atomic E-state index is -0.645. The van der Waals surface area contributed by atoms with Gasteiger partial charge in [0, 0.05) is 32.6 Å². The molecule has 0 bridgehead atoms. The second-order valence-electron chi connectivity index (χ2n) is 5.69. The van der Waals surface area contributed by atoms with Crippen molar-refractivity contribution in [3.05, 3.63) is 17.4 Å². The second-order valence-corrected chi connectivity index (χ2v) is 6.12. The predicted octanol–water partition coefficient (Wildman–Crippen LogP) is 0.320. The van der Waals surface area contributed by atoms with Crippen LogP contribution in [-0.4, -0.2) is 70.9 Å². The molecule has 3 rings (SSSR count). The number of hydrogen-bond acceptors (Lipinski definition) is 6. The number of halogens is 1. The molecule has 1 aromatic rings. The Bertz CT molecular complexity index is 522. The van der Waals surface area contributed by atoms with Crippen molar-refractivity contribution in [3.8, 4) is 0 Å². The third kappa shape index (κ3) is 3.16. The van der Waals surface area contributed by atoms with Gasteiger partial charge in [0.1, 0.15) is 5.60 Å². The average Bonchev–Trinajstić information content (AvgIpc) is 2.52. The van der Waals surface area contributed by atoms with Crippen LogP contribution >= 0.6 is 11.6 Å². The minimum absolute atomic E-state index is 0.0328. The van der Waals surface area contributed by atoms with Crippen LogP contribution in [-0.2, 0) is 9.53 Å². The van der Waals surface area contributed by atoms with Gasteiger partial charge in [-0.15, -0.1) is 0 Å². The van der Waals surface area contributed by atoms with Crippen LogP contribution in [0.3, 0.4) is 0 Å². The number of ether oxygens (including phenoxy) is 1. The summed E-state index contributed by atoms with van der Waals surface area (Å²) in [6, 6.07) is 0. The molecular formula is C14H19ClN4O3. The number of nitrogens with zero attached hydrogens (tertiary/aromatic N) is 4. The third-order valence-corrected chi connectivity index (χ3v) is 4.44. The quantitative estimate of drug-likeness (QED) is 0.858. The Hall–Kier alpha value is -1.44. The van der Waals surface area contributed by atoms with Crippen LogP contribution in [0.25, 0.3) is 0 Å². The first-order chi connectivity index (χ1) is 10.6. The van der Waals surface area contributed by atoms with E-state index >= 15 is 0 Å². The summed E-state index contributed by atoms with van der Waals surface area (Å²) in [7, 11) is 0. The molecule has 1 unspecified atom stereocenters. The van der Waals surface area contributed by atoms with Crippen molar-refractivity contribution in [2.24, 2.45) is 0 Å². The lowest BCUT2D eigenvalue weighted by atomic mass is 9.91. The topological polar surface area (TPSA) is 78.8 Å². The number of aliphatic hydroxyl groups is 1. The first-order valence-electron chi connectivity index (χ1n) is 7.37. The lowest BCUT2D eigenvalue weighted by Gasteiger charge is -2.42. The second kappa shape index (κ2) is 6.36. The molecule has 22 heavy (non-hydrogen) atoms. The van der Waals surface area contributed by atoms with E-state index in [9.17, 15) is 9.90 Å². The molecular weight excluding hydrogens is 308 g/mol. The van der Waals surface area contributed by atoms with E-state index in [1.807, 2.05) is 9.80 Å². The number of aliphatic hydroxyl groups excluding tert-OH is 1. The van der Waals surface area contributed by atoms with E-state index in [0.717, 1.165) is 6.42 Å². The molecule has 0 aliphatic carbocycles. The van der Waals surface area contributed by atoms with E-state index in [4.69, 9.17) is 16.3 Å². The summed E-state index contributed by atoms with van der Waals surface area (Å²) in [4.78, 5) is 24.5. The zero-order valence-electron chi connectivity index (χ0n) is 12.2. The van der Waals surface area contributed by atoms with Gasteiger partial charge in [-0.05, 0) is 0 Å². The van der Waals surface area contributed by atoms with Crippen molar-refractivity contribution in [3.63, 3.8) is 0 Å². The largest absolute Gasteiger partial charge is 0.393 e.